The first kappa shape index (κ1) is 91.9. The Bertz CT molecular complexity index is 2630. The second kappa shape index (κ2) is 69.4. The molecule has 19 heteroatoms. The maximum Gasteiger partial charge on any atom is 0.472 e. The van der Waals surface area contributed by atoms with E-state index >= 15 is 0 Å². The summed E-state index contributed by atoms with van der Waals surface area (Å²) in [6, 6.07) is 0. The average Bonchev–Trinajstić information content (AvgIpc) is 0.986. The van der Waals surface area contributed by atoms with Crippen molar-refractivity contribution in [3.05, 3.63) is 194 Å². The minimum Gasteiger partial charge on any atom is -0.462 e. The second-order valence-electron chi connectivity index (χ2n) is 22.7. The summed E-state index contributed by atoms with van der Waals surface area (Å²) in [5.41, 5.74) is 0. The van der Waals surface area contributed by atoms with Crippen molar-refractivity contribution >= 4 is 39.5 Å². The Balaban J connectivity index is 5.55. The van der Waals surface area contributed by atoms with Gasteiger partial charge in [-0.15, -0.1) is 0 Å². The monoisotopic (exact) mass is 1400 g/mol. The molecule has 17 nitrogen and oxygen atoms in total. The Morgan fingerprint density at radius 2 is 0.592 bits per heavy atom. The number of hydrogen-bond acceptors (Lipinski definition) is 15. The molecule has 0 spiro atoms. The highest BCUT2D eigenvalue weighted by molar-refractivity contribution is 7.47. The molecule has 5 unspecified atom stereocenters. The summed E-state index contributed by atoms with van der Waals surface area (Å²) in [6.45, 7) is 4.11. The first-order valence-electron chi connectivity index (χ1n) is 35.7. The van der Waals surface area contributed by atoms with Crippen molar-refractivity contribution in [1.29, 1.82) is 0 Å². The van der Waals surface area contributed by atoms with Crippen molar-refractivity contribution in [1.82, 2.24) is 0 Å². The van der Waals surface area contributed by atoms with Gasteiger partial charge in [0.2, 0.25) is 0 Å². The lowest BCUT2D eigenvalue weighted by molar-refractivity contribution is -0.160. The summed E-state index contributed by atoms with van der Waals surface area (Å²) in [7, 11) is -10.0. The SMILES string of the molecule is CC/C=C\C/C=C\C/C=C\C/C=C\C/C=C\CCCC(=O)OCC(COP(=O)(O)OCC(O)COP(=O)(O)OCC(COC(=O)C/C=C\C/C=C\C/C=C\C/C=C\C/C=C\CC)OC(=O)CCCCCCC/C=C\CCCC)OC(=O)C/C=C\C/C=C\C/C=C\C/C=C\C/C=C\CC. The molecule has 0 rings (SSSR count). The molecule has 98 heavy (non-hydrogen) atoms. The third kappa shape index (κ3) is 68.4. The van der Waals surface area contributed by atoms with Gasteiger partial charge in [-0.25, -0.2) is 9.13 Å². The van der Waals surface area contributed by atoms with E-state index in [0.29, 0.717) is 32.1 Å². The molecule has 0 amide bonds. The fraction of sp³-hybridized carbons (Fsp3) is 0.544. The summed E-state index contributed by atoms with van der Waals surface area (Å²) >= 11 is 0. The predicted octanol–water partition coefficient (Wildman–Crippen LogP) is 20.2. The lowest BCUT2D eigenvalue weighted by Gasteiger charge is -2.21. The molecule has 0 aromatic heterocycles. The van der Waals surface area contributed by atoms with Crippen LogP contribution < -0.4 is 0 Å². The quantitative estimate of drug-likeness (QED) is 0.0169. The Kier molecular flexibility index (Phi) is 65.1. The number of phosphoric ester groups is 2. The van der Waals surface area contributed by atoms with Gasteiger partial charge in [-0.2, -0.15) is 0 Å². The summed E-state index contributed by atoms with van der Waals surface area (Å²) in [5, 5.41) is 10.6. The normalized spacial score (nSPS) is 15.1. The number of allylic oxidation sites excluding steroid dienone is 30. The van der Waals surface area contributed by atoms with Gasteiger partial charge in [0.1, 0.15) is 19.3 Å². The molecule has 550 valence electrons. The van der Waals surface area contributed by atoms with E-state index in [-0.39, 0.29) is 25.7 Å². The van der Waals surface area contributed by atoms with Crippen molar-refractivity contribution in [2.45, 2.75) is 239 Å². The number of aliphatic hydroxyl groups excluding tert-OH is 1. The number of hydrogen-bond donors (Lipinski definition) is 3. The summed E-state index contributed by atoms with van der Waals surface area (Å²) < 4.78 is 67.9. The van der Waals surface area contributed by atoms with Gasteiger partial charge in [0, 0.05) is 12.8 Å². The Labute approximate surface area is 589 Å². The second-order valence-corrected chi connectivity index (χ2v) is 25.6. The zero-order valence-corrected chi connectivity index (χ0v) is 61.4. The minimum absolute atomic E-state index is 0.0534. The molecule has 5 atom stereocenters. The first-order valence-corrected chi connectivity index (χ1v) is 38.7. The standard InChI is InChI=1S/C79H122O17P2/c1-5-9-13-17-21-25-29-32-35-36-39-41-45-48-52-56-60-64-77(82)90-70-75(96-79(84)66-62-58-54-50-46-42-38-34-31-27-23-19-15-11-7-3)72-94-98(87,88)92-68-73(80)67-91-97(85,86)93-71-74(95-78(83)65-61-57-53-49-43-28-24-20-16-12-8-4)69-89-76(81)63-59-55-51-47-44-40-37-33-30-26-22-18-14-10-6-2/h9-11,13-15,20-27,32-35,37-39,41,44,46-48,50,52,55,58-59,62,73-75,80H,5-8,12,16-19,28-31,36,40,42-43,45,49,51,53-54,56-57,60-61,63-72H2,1-4H3,(H,85,86)(H,87,88)/b13-9-,14-10-,15-11-,24-20-,25-21-,26-22-,27-23-,35-32-,37-33-,38-34-,41-39-,47-44-,50-46-,52-48-,59-55-,62-58-. The third-order valence-electron chi connectivity index (χ3n) is 13.6. The van der Waals surface area contributed by atoms with E-state index in [9.17, 15) is 43.2 Å². The van der Waals surface area contributed by atoms with Gasteiger partial charge >= 0.3 is 39.5 Å². The van der Waals surface area contributed by atoms with Crippen molar-refractivity contribution in [3.63, 3.8) is 0 Å². The molecule has 0 bridgehead atoms. The molecular weight excluding hydrogens is 1280 g/mol. The molecule has 0 fully saturated rings. The number of ether oxygens (including phenoxy) is 4. The molecule has 0 aliphatic carbocycles. The number of carbonyl (C=O) groups is 4. The highest BCUT2D eigenvalue weighted by Gasteiger charge is 2.30. The number of rotatable bonds is 64. The fourth-order valence-electron chi connectivity index (χ4n) is 8.26. The molecular formula is C79H122O17P2. The maximum absolute atomic E-state index is 13.0. The molecule has 0 radical (unpaired) electrons. The van der Waals surface area contributed by atoms with Crippen LogP contribution in [0, 0.1) is 0 Å². The molecule has 0 aliphatic rings. The van der Waals surface area contributed by atoms with E-state index in [4.69, 9.17) is 37.0 Å². The number of esters is 4. The molecule has 0 saturated carbocycles. The molecule has 0 aromatic rings. The number of aliphatic hydroxyl groups is 1. The van der Waals surface area contributed by atoms with Crippen LogP contribution in [0.25, 0.3) is 0 Å². The topological polar surface area (TPSA) is 237 Å². The van der Waals surface area contributed by atoms with Crippen molar-refractivity contribution in [3.8, 4) is 0 Å². The summed E-state index contributed by atoms with van der Waals surface area (Å²) in [5.74, 6) is -2.58. The van der Waals surface area contributed by atoms with Gasteiger partial charge in [0.25, 0.3) is 0 Å². The van der Waals surface area contributed by atoms with E-state index in [2.05, 4.69) is 161 Å². The van der Waals surface area contributed by atoms with Gasteiger partial charge in [-0.1, -0.05) is 254 Å². The van der Waals surface area contributed by atoms with Gasteiger partial charge in [0.05, 0.1) is 39.3 Å². The van der Waals surface area contributed by atoms with Crippen molar-refractivity contribution in [2.75, 3.05) is 39.6 Å². The molecule has 0 aromatic carbocycles. The minimum atomic E-state index is -5.02. The zero-order chi connectivity index (χ0) is 71.8. The van der Waals surface area contributed by atoms with Crippen LogP contribution in [0.2, 0.25) is 0 Å². The zero-order valence-electron chi connectivity index (χ0n) is 59.6. The predicted molar refractivity (Wildman–Crippen MR) is 399 cm³/mol. The first-order chi connectivity index (χ1) is 47.7. The Morgan fingerprint density at radius 3 is 0.990 bits per heavy atom. The Morgan fingerprint density at radius 1 is 0.306 bits per heavy atom. The fourth-order valence-corrected chi connectivity index (χ4v) is 9.84. The van der Waals surface area contributed by atoms with Gasteiger partial charge in [0.15, 0.2) is 12.2 Å². The van der Waals surface area contributed by atoms with Crippen LogP contribution in [0.1, 0.15) is 220 Å². The van der Waals surface area contributed by atoms with Crippen molar-refractivity contribution < 1.29 is 80.2 Å². The smallest absolute Gasteiger partial charge is 0.462 e. The lowest BCUT2D eigenvalue weighted by atomic mass is 10.1. The molecule has 0 saturated heterocycles. The summed E-state index contributed by atoms with van der Waals surface area (Å²) in [4.78, 5) is 72.5. The van der Waals surface area contributed by atoms with Gasteiger partial charge in [-0.05, 0) is 135 Å². The number of carbonyl (C=O) groups excluding carboxylic acids is 4. The van der Waals surface area contributed by atoms with Crippen LogP contribution in [0.5, 0.6) is 0 Å². The van der Waals surface area contributed by atoms with E-state index in [0.717, 1.165) is 128 Å². The third-order valence-corrected chi connectivity index (χ3v) is 15.5. The highest BCUT2D eigenvalue weighted by atomic mass is 31.2. The number of unbranched alkanes of at least 4 members (excludes halogenated alkanes) is 8. The summed E-state index contributed by atoms with van der Waals surface area (Å²) in [6.07, 6.45) is 83.8. The number of phosphoric acid groups is 2. The van der Waals surface area contributed by atoms with Gasteiger partial charge < -0.3 is 33.8 Å². The van der Waals surface area contributed by atoms with Crippen LogP contribution in [-0.2, 0) is 65.4 Å². The molecule has 0 aliphatic heterocycles. The van der Waals surface area contributed by atoms with Gasteiger partial charge in [-0.3, -0.25) is 37.3 Å². The van der Waals surface area contributed by atoms with Crippen LogP contribution in [0.15, 0.2) is 194 Å². The lowest BCUT2D eigenvalue weighted by Crippen LogP contribution is -2.30. The van der Waals surface area contributed by atoms with Crippen LogP contribution in [0.3, 0.4) is 0 Å². The largest absolute Gasteiger partial charge is 0.472 e. The van der Waals surface area contributed by atoms with E-state index in [1.54, 1.807) is 18.2 Å². The van der Waals surface area contributed by atoms with E-state index < -0.39 is 97.5 Å². The Hall–Kier alpha value is -6.10. The van der Waals surface area contributed by atoms with Crippen LogP contribution in [-0.4, -0.2) is 96.7 Å². The van der Waals surface area contributed by atoms with Crippen molar-refractivity contribution in [2.24, 2.45) is 0 Å². The average molecular weight is 1410 g/mol. The maximum atomic E-state index is 13.0. The molecule has 0 heterocycles. The van der Waals surface area contributed by atoms with Crippen LogP contribution >= 0.6 is 15.6 Å². The van der Waals surface area contributed by atoms with Crippen LogP contribution in [0.4, 0.5) is 0 Å². The van der Waals surface area contributed by atoms with E-state index in [1.165, 1.54) is 6.42 Å². The van der Waals surface area contributed by atoms with E-state index in [1.807, 2.05) is 42.5 Å². The molecule has 3 N–H and O–H groups in total. The highest BCUT2D eigenvalue weighted by Crippen LogP contribution is 2.45.